The van der Waals surface area contributed by atoms with Gasteiger partial charge in [0.1, 0.15) is 11.5 Å². The van der Waals surface area contributed by atoms with E-state index < -0.39 is 11.4 Å². The molecule has 5 rings (SSSR count). The van der Waals surface area contributed by atoms with Gasteiger partial charge in [0.2, 0.25) is 0 Å². The zero-order valence-corrected chi connectivity index (χ0v) is 16.4. The maximum atomic E-state index is 14.5. The molecule has 2 aromatic rings. The van der Waals surface area contributed by atoms with Crippen LogP contribution in [0.15, 0.2) is 18.2 Å². The van der Waals surface area contributed by atoms with Gasteiger partial charge in [0.25, 0.3) is 5.91 Å². The number of rotatable bonds is 3. The van der Waals surface area contributed by atoms with Gasteiger partial charge in [0, 0.05) is 24.3 Å². The van der Waals surface area contributed by atoms with Crippen LogP contribution < -0.4 is 0 Å². The maximum Gasteiger partial charge on any atom is 0.311 e. The Bertz CT molecular complexity index is 1030. The van der Waals surface area contributed by atoms with Crippen LogP contribution in [0.1, 0.15) is 53.0 Å². The number of halogens is 1. The monoisotopic (exact) mass is 397 g/mol. The van der Waals surface area contributed by atoms with E-state index in [1.807, 2.05) is 6.92 Å². The molecule has 3 aliphatic rings. The summed E-state index contributed by atoms with van der Waals surface area (Å²) in [4.78, 5) is 27.0. The number of nitrogens with zero attached hydrogens (tertiary/aromatic N) is 3. The lowest BCUT2D eigenvalue weighted by atomic mass is 9.81. The molecule has 1 aliphatic heterocycles. The number of fused-ring (bicyclic) bond motifs is 2. The Morgan fingerprint density at radius 3 is 2.86 bits per heavy atom. The van der Waals surface area contributed by atoms with Gasteiger partial charge < -0.3 is 10.0 Å². The first-order valence-corrected chi connectivity index (χ1v) is 10.3. The van der Waals surface area contributed by atoms with E-state index >= 15 is 0 Å². The lowest BCUT2D eigenvalue weighted by Crippen LogP contribution is -2.37. The van der Waals surface area contributed by atoms with Crippen LogP contribution >= 0.6 is 0 Å². The highest BCUT2D eigenvalue weighted by Gasteiger charge is 2.56. The average molecular weight is 397 g/mol. The third kappa shape index (κ3) is 2.63. The van der Waals surface area contributed by atoms with Gasteiger partial charge in [-0.05, 0) is 62.6 Å². The predicted octanol–water partition coefficient (Wildman–Crippen LogP) is 3.14. The lowest BCUT2D eigenvalue weighted by Gasteiger charge is -2.23. The van der Waals surface area contributed by atoms with E-state index in [0.717, 1.165) is 48.9 Å². The highest BCUT2D eigenvalue weighted by Crippen LogP contribution is 2.49. The Balaban J connectivity index is 1.52. The molecule has 1 aromatic carbocycles. The molecule has 152 valence electrons. The van der Waals surface area contributed by atoms with Crippen LogP contribution in [-0.4, -0.2) is 44.8 Å². The minimum absolute atomic E-state index is 0.00769. The zero-order chi connectivity index (χ0) is 20.3. The fourth-order valence-corrected chi connectivity index (χ4v) is 5.54. The predicted molar refractivity (Wildman–Crippen MR) is 104 cm³/mol. The number of carboxylic acids is 1. The van der Waals surface area contributed by atoms with Crippen LogP contribution in [0.3, 0.4) is 0 Å². The van der Waals surface area contributed by atoms with E-state index in [1.54, 1.807) is 21.7 Å². The molecule has 2 atom stereocenters. The Hall–Kier alpha value is -2.70. The summed E-state index contributed by atoms with van der Waals surface area (Å²) in [6.45, 7) is 2.60. The largest absolute Gasteiger partial charge is 0.481 e. The van der Waals surface area contributed by atoms with Gasteiger partial charge in [-0.3, -0.25) is 9.59 Å². The number of aromatic nitrogens is 2. The highest BCUT2D eigenvalue weighted by molar-refractivity contribution is 5.95. The molecule has 7 heteroatoms. The number of carbonyl (C=O) groups is 2. The van der Waals surface area contributed by atoms with Gasteiger partial charge in [-0.2, -0.15) is 5.10 Å². The van der Waals surface area contributed by atoms with Crippen molar-refractivity contribution < 1.29 is 19.1 Å². The van der Waals surface area contributed by atoms with Crippen molar-refractivity contribution in [3.05, 3.63) is 46.5 Å². The molecule has 2 fully saturated rings. The summed E-state index contributed by atoms with van der Waals surface area (Å²) in [6, 6.07) is 4.88. The number of hydrogen-bond acceptors (Lipinski definition) is 3. The number of aliphatic carboxylic acids is 1. The molecule has 1 saturated carbocycles. The van der Waals surface area contributed by atoms with Gasteiger partial charge in [0.15, 0.2) is 5.69 Å². The molecular weight excluding hydrogens is 373 g/mol. The Kier molecular flexibility index (Phi) is 4.05. The van der Waals surface area contributed by atoms with Gasteiger partial charge in [-0.1, -0.05) is 12.5 Å². The molecule has 0 radical (unpaired) electrons. The van der Waals surface area contributed by atoms with E-state index in [9.17, 15) is 19.1 Å². The Morgan fingerprint density at radius 2 is 2.10 bits per heavy atom. The summed E-state index contributed by atoms with van der Waals surface area (Å²) in [5.41, 5.74) is 2.61. The molecule has 2 heterocycles. The van der Waals surface area contributed by atoms with Crippen molar-refractivity contribution >= 4 is 11.9 Å². The van der Waals surface area contributed by atoms with Crippen molar-refractivity contribution in [3.63, 3.8) is 0 Å². The third-order valence-electron chi connectivity index (χ3n) is 7.05. The highest BCUT2D eigenvalue weighted by atomic mass is 19.1. The summed E-state index contributed by atoms with van der Waals surface area (Å²) >= 11 is 0. The molecule has 1 N–H and O–H groups in total. The summed E-state index contributed by atoms with van der Waals surface area (Å²) in [5.74, 6) is -1.38. The van der Waals surface area contributed by atoms with Crippen molar-refractivity contribution in [2.24, 2.45) is 11.3 Å². The van der Waals surface area contributed by atoms with E-state index in [0.29, 0.717) is 24.3 Å². The molecule has 29 heavy (non-hydrogen) atoms. The number of hydrogen-bond donors (Lipinski definition) is 1. The quantitative estimate of drug-likeness (QED) is 0.863. The zero-order valence-electron chi connectivity index (χ0n) is 16.4. The van der Waals surface area contributed by atoms with Crippen molar-refractivity contribution in [1.82, 2.24) is 14.7 Å². The minimum atomic E-state index is -0.815. The summed E-state index contributed by atoms with van der Waals surface area (Å²) < 4.78 is 16.1. The molecule has 6 nitrogen and oxygen atoms in total. The lowest BCUT2D eigenvalue weighted by molar-refractivity contribution is -0.149. The van der Waals surface area contributed by atoms with Gasteiger partial charge in [-0.25, -0.2) is 9.07 Å². The SMILES string of the molecule is Cc1ccc(F)c(-n2nc(C(=O)N3C[C@@H]4CCC[C@@]4(C(=O)O)C3)c3c2CCC3)c1. The second-order valence-electron chi connectivity index (χ2n) is 8.73. The second kappa shape index (κ2) is 6.40. The van der Waals surface area contributed by atoms with E-state index in [-0.39, 0.29) is 24.2 Å². The molecule has 0 unspecified atom stereocenters. The fraction of sp³-hybridized carbons (Fsp3) is 0.500. The third-order valence-corrected chi connectivity index (χ3v) is 7.05. The molecular formula is C22H24FN3O3. The number of carbonyl (C=O) groups excluding carboxylic acids is 1. The summed E-state index contributed by atoms with van der Waals surface area (Å²) in [7, 11) is 0. The van der Waals surface area contributed by atoms with Crippen molar-refractivity contribution in [2.45, 2.75) is 45.4 Å². The van der Waals surface area contributed by atoms with Gasteiger partial charge in [-0.15, -0.1) is 0 Å². The van der Waals surface area contributed by atoms with Crippen molar-refractivity contribution in [3.8, 4) is 5.69 Å². The molecule has 0 bridgehead atoms. The molecule has 1 saturated heterocycles. The maximum absolute atomic E-state index is 14.5. The molecule has 1 aromatic heterocycles. The number of benzene rings is 1. The number of aryl methyl sites for hydroxylation is 1. The Morgan fingerprint density at radius 1 is 1.28 bits per heavy atom. The Labute approximate surface area is 168 Å². The van der Waals surface area contributed by atoms with Crippen LogP contribution in [0, 0.1) is 24.1 Å². The van der Waals surface area contributed by atoms with Crippen molar-refractivity contribution in [1.29, 1.82) is 0 Å². The molecule has 0 spiro atoms. The van der Waals surface area contributed by atoms with Gasteiger partial charge >= 0.3 is 5.97 Å². The van der Waals surface area contributed by atoms with E-state index in [1.165, 1.54) is 6.07 Å². The van der Waals surface area contributed by atoms with E-state index in [2.05, 4.69) is 5.10 Å². The summed E-state index contributed by atoms with van der Waals surface area (Å²) in [5, 5.41) is 14.4. The second-order valence-corrected chi connectivity index (χ2v) is 8.73. The van der Waals surface area contributed by atoms with Crippen LogP contribution in [-0.2, 0) is 17.6 Å². The first-order valence-electron chi connectivity index (χ1n) is 10.3. The molecule has 2 aliphatic carbocycles. The topological polar surface area (TPSA) is 75.4 Å². The van der Waals surface area contributed by atoms with Gasteiger partial charge in [0.05, 0.1) is 5.41 Å². The standard InChI is InChI=1S/C22H24FN3O3/c1-13-7-8-16(23)18(10-13)26-17-6-2-5-15(17)19(24-26)20(27)25-11-14-4-3-9-22(14,12-25)21(28)29/h7-8,10,14H,2-6,9,11-12H2,1H3,(H,28,29)/t14-,22+/m0/s1. The average Bonchev–Trinajstić information content (AvgIpc) is 3.42. The number of likely N-dealkylation sites (tertiary alicyclic amines) is 1. The van der Waals surface area contributed by atoms with E-state index in [4.69, 9.17) is 0 Å². The minimum Gasteiger partial charge on any atom is -0.481 e. The molecule has 1 amide bonds. The number of carboxylic acid groups (broad SMARTS) is 1. The summed E-state index contributed by atoms with van der Waals surface area (Å²) in [6.07, 6.45) is 4.77. The van der Waals surface area contributed by atoms with Crippen molar-refractivity contribution in [2.75, 3.05) is 13.1 Å². The normalized spacial score (nSPS) is 25.3. The van der Waals surface area contributed by atoms with Crippen LogP contribution in [0.2, 0.25) is 0 Å². The van der Waals surface area contributed by atoms with Crippen LogP contribution in [0.4, 0.5) is 4.39 Å². The first kappa shape index (κ1) is 18.3. The fourth-order valence-electron chi connectivity index (χ4n) is 5.54. The van der Waals surface area contributed by atoms with Crippen LogP contribution in [0.25, 0.3) is 5.69 Å². The smallest absolute Gasteiger partial charge is 0.311 e. The van der Waals surface area contributed by atoms with Crippen LogP contribution in [0.5, 0.6) is 0 Å². The first-order chi connectivity index (χ1) is 13.9. The number of amides is 1.